The van der Waals surface area contributed by atoms with Gasteiger partial charge in [0, 0.05) is 30.2 Å². The van der Waals surface area contributed by atoms with Crippen LogP contribution >= 0.6 is 11.3 Å². The Kier molecular flexibility index (Phi) is 5.68. The largest absolute Gasteiger partial charge is 0.489 e. The number of nitrogens with one attached hydrogen (secondary N) is 2. The Hall–Kier alpha value is -3.16. The normalized spacial score (nSPS) is 15.3. The van der Waals surface area contributed by atoms with Crippen molar-refractivity contribution >= 4 is 17.0 Å². The van der Waals surface area contributed by atoms with E-state index in [0.29, 0.717) is 11.7 Å². The van der Waals surface area contributed by atoms with Crippen molar-refractivity contribution in [3.05, 3.63) is 71.9 Å². The van der Waals surface area contributed by atoms with Crippen LogP contribution in [0.4, 0.5) is 5.69 Å². The molecule has 1 aliphatic carbocycles. The number of anilines is 1. The van der Waals surface area contributed by atoms with E-state index in [-0.39, 0.29) is 6.10 Å². The van der Waals surface area contributed by atoms with E-state index in [1.54, 1.807) is 17.5 Å². The van der Waals surface area contributed by atoms with E-state index in [0.717, 1.165) is 41.5 Å². The summed E-state index contributed by atoms with van der Waals surface area (Å²) in [5.74, 6) is 1.68. The summed E-state index contributed by atoms with van der Waals surface area (Å²) in [5.41, 5.74) is 11.9. The molecule has 1 aliphatic rings. The monoisotopic (exact) mass is 445 g/mol. The van der Waals surface area contributed by atoms with Gasteiger partial charge in [0.1, 0.15) is 16.6 Å². The van der Waals surface area contributed by atoms with Gasteiger partial charge in [-0.1, -0.05) is 18.2 Å². The lowest BCUT2D eigenvalue weighted by Gasteiger charge is -2.14. The summed E-state index contributed by atoms with van der Waals surface area (Å²) in [5, 5.41) is 4.61. The number of thiazole rings is 1. The summed E-state index contributed by atoms with van der Waals surface area (Å²) >= 11 is 1.70. The third kappa shape index (κ3) is 4.13. The molecule has 2 aromatic carbocycles. The second-order valence-electron chi connectivity index (χ2n) is 8.33. The molecule has 164 valence electrons. The molecule has 4 N–H and O–H groups in total. The maximum atomic E-state index is 6.22. The number of hydrogen-bond donors (Lipinski definition) is 3. The molecule has 0 radical (unpaired) electrons. The van der Waals surface area contributed by atoms with Gasteiger partial charge >= 0.3 is 0 Å². The summed E-state index contributed by atoms with van der Waals surface area (Å²) in [4.78, 5) is 13.4. The number of nitrogen functional groups attached to an aromatic ring is 1. The summed E-state index contributed by atoms with van der Waals surface area (Å²) in [6, 6.07) is 12.8. The molecule has 0 aliphatic heterocycles. The summed E-state index contributed by atoms with van der Waals surface area (Å²) in [6.07, 6.45) is 7.87. The van der Waals surface area contributed by atoms with Crippen LogP contribution in [0, 0.1) is 0 Å². The summed E-state index contributed by atoms with van der Waals surface area (Å²) < 4.78 is 5.76. The van der Waals surface area contributed by atoms with Crippen LogP contribution in [0.5, 0.6) is 5.75 Å². The average Bonchev–Trinajstić information content (AvgIpc) is 3.54. The van der Waals surface area contributed by atoms with Crippen LogP contribution in [0.25, 0.3) is 21.0 Å². The number of benzene rings is 2. The zero-order valence-corrected chi connectivity index (χ0v) is 19.1. The van der Waals surface area contributed by atoms with E-state index in [4.69, 9.17) is 15.5 Å². The second kappa shape index (κ2) is 8.76. The van der Waals surface area contributed by atoms with E-state index in [1.807, 2.05) is 44.4 Å². The van der Waals surface area contributed by atoms with Crippen molar-refractivity contribution in [1.29, 1.82) is 0 Å². The number of nitrogens with zero attached hydrogens (tertiary/aromatic N) is 2. The minimum atomic E-state index is 0.0900. The van der Waals surface area contributed by atoms with Gasteiger partial charge in [-0.15, -0.1) is 11.3 Å². The standard InChI is InChI=1S/C25H27N5OS/c1-15(2)31-22-9-6-16(12-20(22)26)25-30-13-23(32-25)19-5-3-4-18-17(19)7-8-21(18)29-14-24-27-10-11-28-24/h3-6,9-13,15,21,29H,7-8,14,26H2,1-2H3,(H,27,28)/t21-/m0/s1. The van der Waals surface area contributed by atoms with Gasteiger partial charge in [-0.05, 0) is 61.6 Å². The van der Waals surface area contributed by atoms with Crippen molar-refractivity contribution in [2.24, 2.45) is 0 Å². The SMILES string of the molecule is CC(C)Oc1ccc(-c2ncc(-c3cccc4c3CC[C@@H]4NCc3ncc[nH]3)s2)cc1N. The highest BCUT2D eigenvalue weighted by atomic mass is 32.1. The molecule has 0 bridgehead atoms. The number of aromatic amines is 1. The van der Waals surface area contributed by atoms with E-state index in [9.17, 15) is 0 Å². The molecule has 0 saturated heterocycles. The van der Waals surface area contributed by atoms with Crippen LogP contribution in [0.15, 0.2) is 55.0 Å². The zero-order chi connectivity index (χ0) is 22.1. The molecule has 5 rings (SSSR count). The molecule has 0 fully saturated rings. The van der Waals surface area contributed by atoms with Crippen LogP contribution in [0.1, 0.15) is 43.3 Å². The molecule has 7 heteroatoms. The van der Waals surface area contributed by atoms with Crippen molar-refractivity contribution in [2.75, 3.05) is 5.73 Å². The maximum absolute atomic E-state index is 6.22. The van der Waals surface area contributed by atoms with Gasteiger partial charge in [0.15, 0.2) is 0 Å². The molecule has 0 spiro atoms. The van der Waals surface area contributed by atoms with Crippen molar-refractivity contribution in [1.82, 2.24) is 20.3 Å². The number of ether oxygens (including phenoxy) is 1. The number of nitrogens with two attached hydrogens (primary N) is 1. The minimum Gasteiger partial charge on any atom is -0.489 e. The molecular formula is C25H27N5OS. The van der Waals surface area contributed by atoms with Crippen LogP contribution in [-0.2, 0) is 13.0 Å². The van der Waals surface area contributed by atoms with Gasteiger partial charge in [0.25, 0.3) is 0 Å². The first-order valence-electron chi connectivity index (χ1n) is 10.9. The molecule has 0 saturated carbocycles. The van der Waals surface area contributed by atoms with Gasteiger partial charge in [0.2, 0.25) is 0 Å². The number of fused-ring (bicyclic) bond motifs is 1. The van der Waals surface area contributed by atoms with Gasteiger partial charge in [0.05, 0.1) is 23.2 Å². The Labute approximate surface area is 191 Å². The van der Waals surface area contributed by atoms with E-state index < -0.39 is 0 Å². The first kappa shape index (κ1) is 20.7. The van der Waals surface area contributed by atoms with Gasteiger partial charge < -0.3 is 20.8 Å². The molecule has 4 aromatic rings. The fourth-order valence-corrected chi connectivity index (χ4v) is 5.25. The molecule has 0 unspecified atom stereocenters. The number of H-pyrrole nitrogens is 1. The average molecular weight is 446 g/mol. The van der Waals surface area contributed by atoms with Gasteiger partial charge in [-0.2, -0.15) is 0 Å². The minimum absolute atomic E-state index is 0.0900. The van der Waals surface area contributed by atoms with Crippen molar-refractivity contribution in [2.45, 2.75) is 45.4 Å². The van der Waals surface area contributed by atoms with Crippen LogP contribution in [0.2, 0.25) is 0 Å². The lowest BCUT2D eigenvalue weighted by atomic mass is 10.0. The molecule has 2 aromatic heterocycles. The number of hydrogen-bond acceptors (Lipinski definition) is 6. The Morgan fingerprint density at radius 3 is 2.94 bits per heavy atom. The van der Waals surface area contributed by atoms with E-state index >= 15 is 0 Å². The fraction of sp³-hybridized carbons (Fsp3) is 0.280. The first-order chi connectivity index (χ1) is 15.6. The quantitative estimate of drug-likeness (QED) is 0.334. The predicted octanol–water partition coefficient (Wildman–Crippen LogP) is 5.35. The molecule has 0 amide bonds. The van der Waals surface area contributed by atoms with E-state index in [2.05, 4.69) is 33.5 Å². The first-order valence-corrected chi connectivity index (χ1v) is 11.8. The topological polar surface area (TPSA) is 88.8 Å². The second-order valence-corrected chi connectivity index (χ2v) is 9.36. The summed E-state index contributed by atoms with van der Waals surface area (Å²) in [7, 11) is 0. The highest BCUT2D eigenvalue weighted by Crippen LogP contribution is 2.41. The number of aromatic nitrogens is 3. The lowest BCUT2D eigenvalue weighted by Crippen LogP contribution is -2.19. The van der Waals surface area contributed by atoms with Crippen molar-refractivity contribution < 1.29 is 4.74 Å². The Morgan fingerprint density at radius 1 is 1.25 bits per heavy atom. The van der Waals surface area contributed by atoms with Crippen molar-refractivity contribution in [3.63, 3.8) is 0 Å². The Balaban J connectivity index is 1.38. The summed E-state index contributed by atoms with van der Waals surface area (Å²) in [6.45, 7) is 4.73. The number of imidazole rings is 1. The highest BCUT2D eigenvalue weighted by Gasteiger charge is 2.25. The molecule has 6 nitrogen and oxygen atoms in total. The smallest absolute Gasteiger partial charge is 0.142 e. The third-order valence-electron chi connectivity index (χ3n) is 5.73. The van der Waals surface area contributed by atoms with Crippen LogP contribution in [0.3, 0.4) is 0 Å². The van der Waals surface area contributed by atoms with Gasteiger partial charge in [-0.3, -0.25) is 0 Å². The Morgan fingerprint density at radius 2 is 2.16 bits per heavy atom. The molecule has 32 heavy (non-hydrogen) atoms. The van der Waals surface area contributed by atoms with Crippen LogP contribution < -0.4 is 15.8 Å². The lowest BCUT2D eigenvalue weighted by molar-refractivity contribution is 0.244. The molecule has 1 atom stereocenters. The Bertz CT molecular complexity index is 1220. The third-order valence-corrected chi connectivity index (χ3v) is 6.81. The molecular weight excluding hydrogens is 418 g/mol. The van der Waals surface area contributed by atoms with E-state index in [1.165, 1.54) is 21.6 Å². The number of rotatable bonds is 7. The fourth-order valence-electron chi connectivity index (χ4n) is 4.29. The van der Waals surface area contributed by atoms with Crippen molar-refractivity contribution in [3.8, 4) is 26.8 Å². The van der Waals surface area contributed by atoms with Crippen LogP contribution in [-0.4, -0.2) is 21.1 Å². The van der Waals surface area contributed by atoms with Gasteiger partial charge in [-0.25, -0.2) is 9.97 Å². The maximum Gasteiger partial charge on any atom is 0.142 e. The predicted molar refractivity (Wildman–Crippen MR) is 130 cm³/mol. The highest BCUT2D eigenvalue weighted by molar-refractivity contribution is 7.18. The zero-order valence-electron chi connectivity index (χ0n) is 18.3. The molecule has 2 heterocycles.